The third-order valence-electron chi connectivity index (χ3n) is 3.31. The number of amides is 1. The summed E-state index contributed by atoms with van der Waals surface area (Å²) in [4.78, 5) is 33.3. The lowest BCUT2D eigenvalue weighted by atomic mass is 10.4. The fraction of sp³-hybridized carbons (Fsp3) is 0.467. The molecule has 9 nitrogen and oxygen atoms in total. The van der Waals surface area contributed by atoms with Gasteiger partial charge in [-0.25, -0.2) is 9.50 Å². The Balaban J connectivity index is 1.92. The van der Waals surface area contributed by atoms with Crippen molar-refractivity contribution >= 4 is 17.7 Å². The average Bonchev–Trinajstić information content (AvgIpc) is 2.92. The van der Waals surface area contributed by atoms with E-state index < -0.39 is 5.97 Å². The first kappa shape index (κ1) is 17.3. The zero-order valence-corrected chi connectivity index (χ0v) is 13.8. The van der Waals surface area contributed by atoms with Crippen molar-refractivity contribution < 1.29 is 14.3 Å². The Bertz CT molecular complexity index is 807. The van der Waals surface area contributed by atoms with Crippen LogP contribution in [0.3, 0.4) is 0 Å². The van der Waals surface area contributed by atoms with E-state index in [1.165, 1.54) is 4.90 Å². The molecule has 2 aromatic heterocycles. The molecule has 2 aromatic rings. The topological polar surface area (TPSA) is 113 Å². The molecule has 0 fully saturated rings. The molecule has 0 aromatic carbocycles. The minimum atomic E-state index is -0.595. The number of rotatable bonds is 6. The lowest BCUT2D eigenvalue weighted by Gasteiger charge is -2.14. The van der Waals surface area contributed by atoms with Crippen LogP contribution in [0.5, 0.6) is 0 Å². The van der Waals surface area contributed by atoms with Gasteiger partial charge >= 0.3 is 5.97 Å². The van der Waals surface area contributed by atoms with Gasteiger partial charge in [0.15, 0.2) is 12.4 Å². The molecule has 0 unspecified atom stereocenters. The fourth-order valence-corrected chi connectivity index (χ4v) is 2.06. The number of nitriles is 1. The molecule has 2 rings (SSSR count). The van der Waals surface area contributed by atoms with Gasteiger partial charge in [0.2, 0.25) is 0 Å². The van der Waals surface area contributed by atoms with Gasteiger partial charge in [0.25, 0.3) is 11.7 Å². The molecule has 2 heterocycles. The van der Waals surface area contributed by atoms with Crippen LogP contribution in [0.25, 0.3) is 5.78 Å². The summed E-state index contributed by atoms with van der Waals surface area (Å²) in [5.41, 5.74) is 1.67. The lowest BCUT2D eigenvalue weighted by molar-refractivity contribution is -0.151. The summed E-state index contributed by atoms with van der Waals surface area (Å²) in [6.07, 6.45) is 0.0875. The number of esters is 1. The SMILES string of the molecule is Cc1cc(C)n2nc(CC(=O)OCC(=O)N(C)CCC#N)nc2n1. The average molecular weight is 330 g/mol. The zero-order chi connectivity index (χ0) is 17.7. The smallest absolute Gasteiger partial charge is 0.314 e. The molecule has 0 spiro atoms. The molecule has 0 radical (unpaired) electrons. The minimum Gasteiger partial charge on any atom is -0.455 e. The zero-order valence-electron chi connectivity index (χ0n) is 13.8. The highest BCUT2D eigenvalue weighted by Gasteiger charge is 2.15. The van der Waals surface area contributed by atoms with E-state index in [0.29, 0.717) is 12.3 Å². The molecule has 0 aliphatic heterocycles. The predicted molar refractivity (Wildman–Crippen MR) is 82.8 cm³/mol. The number of hydrogen-bond acceptors (Lipinski definition) is 7. The maximum absolute atomic E-state index is 11.8. The van der Waals surface area contributed by atoms with E-state index in [9.17, 15) is 9.59 Å². The molecule has 0 saturated carbocycles. The number of carbonyl (C=O) groups is 2. The molecule has 126 valence electrons. The van der Waals surface area contributed by atoms with E-state index in [1.807, 2.05) is 26.0 Å². The molecular weight excluding hydrogens is 312 g/mol. The molecule has 0 bridgehead atoms. The minimum absolute atomic E-state index is 0.142. The van der Waals surface area contributed by atoms with Crippen molar-refractivity contribution in [2.75, 3.05) is 20.2 Å². The van der Waals surface area contributed by atoms with Gasteiger partial charge in [-0.2, -0.15) is 10.2 Å². The normalized spacial score (nSPS) is 10.4. The standard InChI is InChI=1S/C15H18N6O3/c1-10-7-11(2)21-15(17-10)18-12(19-21)8-14(23)24-9-13(22)20(3)6-4-5-16/h7H,4,6,8-9H2,1-3H3. The van der Waals surface area contributed by atoms with E-state index in [-0.39, 0.29) is 31.2 Å². The van der Waals surface area contributed by atoms with Crippen molar-refractivity contribution in [1.82, 2.24) is 24.5 Å². The summed E-state index contributed by atoms with van der Waals surface area (Å²) in [6, 6.07) is 3.81. The van der Waals surface area contributed by atoms with Crippen molar-refractivity contribution in [3.63, 3.8) is 0 Å². The highest BCUT2D eigenvalue weighted by atomic mass is 16.5. The van der Waals surface area contributed by atoms with E-state index >= 15 is 0 Å². The van der Waals surface area contributed by atoms with Crippen LogP contribution in [0.15, 0.2) is 6.07 Å². The Morgan fingerprint density at radius 1 is 1.38 bits per heavy atom. The van der Waals surface area contributed by atoms with Crippen molar-refractivity contribution in [3.05, 3.63) is 23.3 Å². The lowest BCUT2D eigenvalue weighted by Crippen LogP contribution is -2.32. The van der Waals surface area contributed by atoms with Gasteiger partial charge in [0.1, 0.15) is 6.42 Å². The first-order chi connectivity index (χ1) is 11.4. The van der Waals surface area contributed by atoms with E-state index in [0.717, 1.165) is 11.4 Å². The first-order valence-corrected chi connectivity index (χ1v) is 7.37. The van der Waals surface area contributed by atoms with Gasteiger partial charge in [0, 0.05) is 25.0 Å². The van der Waals surface area contributed by atoms with Crippen molar-refractivity contribution in [2.45, 2.75) is 26.7 Å². The predicted octanol–water partition coefficient (Wildman–Crippen LogP) is 0.199. The number of aromatic nitrogens is 4. The molecule has 0 aliphatic carbocycles. The highest BCUT2D eigenvalue weighted by molar-refractivity contribution is 5.80. The van der Waals surface area contributed by atoms with Crippen LogP contribution in [-0.4, -0.2) is 56.6 Å². The molecule has 1 amide bonds. The molecule has 0 atom stereocenters. The van der Waals surface area contributed by atoms with Gasteiger partial charge in [-0.3, -0.25) is 9.59 Å². The maximum Gasteiger partial charge on any atom is 0.314 e. The van der Waals surface area contributed by atoms with Crippen LogP contribution in [0.1, 0.15) is 23.6 Å². The summed E-state index contributed by atoms with van der Waals surface area (Å²) in [5, 5.41) is 12.7. The van der Waals surface area contributed by atoms with Crippen molar-refractivity contribution in [1.29, 1.82) is 5.26 Å². The Morgan fingerprint density at radius 3 is 2.83 bits per heavy atom. The highest BCUT2D eigenvalue weighted by Crippen LogP contribution is 2.06. The Hall–Kier alpha value is -3.02. The maximum atomic E-state index is 11.8. The molecule has 24 heavy (non-hydrogen) atoms. The Morgan fingerprint density at radius 2 is 2.12 bits per heavy atom. The number of aryl methyl sites for hydroxylation is 2. The van der Waals surface area contributed by atoms with Gasteiger partial charge in [-0.05, 0) is 19.9 Å². The number of likely N-dealkylation sites (N-methyl/N-ethyl adjacent to an activating group) is 1. The van der Waals surface area contributed by atoms with Crippen molar-refractivity contribution in [2.24, 2.45) is 0 Å². The third-order valence-corrected chi connectivity index (χ3v) is 3.31. The van der Waals surface area contributed by atoms with Gasteiger partial charge < -0.3 is 9.64 Å². The van der Waals surface area contributed by atoms with Crippen LogP contribution < -0.4 is 0 Å². The van der Waals surface area contributed by atoms with Gasteiger partial charge in [-0.15, -0.1) is 5.10 Å². The molecule has 0 N–H and O–H groups in total. The van der Waals surface area contributed by atoms with E-state index in [2.05, 4.69) is 15.1 Å². The monoisotopic (exact) mass is 330 g/mol. The summed E-state index contributed by atoms with van der Waals surface area (Å²) < 4.78 is 6.49. The van der Waals surface area contributed by atoms with E-state index in [1.54, 1.807) is 11.6 Å². The second-order valence-corrected chi connectivity index (χ2v) is 5.34. The summed E-state index contributed by atoms with van der Waals surface area (Å²) in [5.74, 6) is -0.258. The first-order valence-electron chi connectivity index (χ1n) is 7.37. The summed E-state index contributed by atoms with van der Waals surface area (Å²) >= 11 is 0. The summed E-state index contributed by atoms with van der Waals surface area (Å²) in [7, 11) is 1.55. The van der Waals surface area contributed by atoms with Gasteiger partial charge in [0.05, 0.1) is 12.5 Å². The molecular formula is C15H18N6O3. The van der Waals surface area contributed by atoms with Crippen LogP contribution in [0.4, 0.5) is 0 Å². The number of hydrogen-bond donors (Lipinski definition) is 0. The second-order valence-electron chi connectivity index (χ2n) is 5.34. The number of ether oxygens (including phenoxy) is 1. The molecule has 9 heteroatoms. The number of carbonyl (C=O) groups excluding carboxylic acids is 2. The third kappa shape index (κ3) is 4.25. The van der Waals surface area contributed by atoms with E-state index in [4.69, 9.17) is 10.00 Å². The fourth-order valence-electron chi connectivity index (χ4n) is 2.06. The molecule has 0 aliphatic rings. The number of fused-ring (bicyclic) bond motifs is 1. The molecule has 0 saturated heterocycles. The second kappa shape index (κ2) is 7.50. The summed E-state index contributed by atoms with van der Waals surface area (Å²) in [6.45, 7) is 3.65. The van der Waals surface area contributed by atoms with Crippen molar-refractivity contribution in [3.8, 4) is 6.07 Å². The largest absolute Gasteiger partial charge is 0.455 e. The van der Waals surface area contributed by atoms with Crippen LogP contribution in [0.2, 0.25) is 0 Å². The Labute approximate surface area is 138 Å². The quantitative estimate of drug-likeness (QED) is 0.695. The van der Waals surface area contributed by atoms with Crippen LogP contribution in [0, 0.1) is 25.2 Å². The van der Waals surface area contributed by atoms with Crippen LogP contribution >= 0.6 is 0 Å². The van der Waals surface area contributed by atoms with Crippen LogP contribution in [-0.2, 0) is 20.7 Å². The Kier molecular flexibility index (Phi) is 5.42. The van der Waals surface area contributed by atoms with Gasteiger partial charge in [-0.1, -0.05) is 0 Å². The number of nitrogens with zero attached hydrogens (tertiary/aromatic N) is 6.